The number of aryl methyl sites for hydroxylation is 2. The summed E-state index contributed by atoms with van der Waals surface area (Å²) < 4.78 is 40.9. The Balaban J connectivity index is 1.43. The molecule has 3 aromatic rings. The zero-order chi connectivity index (χ0) is 28.3. The van der Waals surface area contributed by atoms with Crippen molar-refractivity contribution in [3.05, 3.63) is 76.2 Å². The van der Waals surface area contributed by atoms with E-state index in [2.05, 4.69) is 21.3 Å². The van der Waals surface area contributed by atoms with Gasteiger partial charge >= 0.3 is 6.18 Å². The number of nitrogens with zero attached hydrogens (tertiary/aromatic N) is 5. The van der Waals surface area contributed by atoms with Crippen LogP contribution in [0.3, 0.4) is 0 Å². The summed E-state index contributed by atoms with van der Waals surface area (Å²) in [5, 5.41) is 3.31. The van der Waals surface area contributed by atoms with Crippen molar-refractivity contribution in [1.82, 2.24) is 15.3 Å². The maximum Gasteiger partial charge on any atom is 0.416 e. The molecular formula is C29H29F3N6O2. The molecular weight excluding hydrogens is 521 g/mol. The van der Waals surface area contributed by atoms with E-state index in [4.69, 9.17) is 4.98 Å². The molecule has 2 aromatic heterocycles. The molecule has 0 spiro atoms. The number of rotatable bonds is 3. The van der Waals surface area contributed by atoms with Gasteiger partial charge in [-0.1, -0.05) is 18.2 Å². The van der Waals surface area contributed by atoms with Crippen molar-refractivity contribution in [1.29, 1.82) is 0 Å². The number of hydrogen-bond donors (Lipinski definition) is 1. The molecule has 208 valence electrons. The minimum Gasteiger partial charge on any atom is -0.363 e. The summed E-state index contributed by atoms with van der Waals surface area (Å²) in [5.41, 5.74) is 4.75. The highest BCUT2D eigenvalue weighted by Crippen LogP contribution is 2.42. The van der Waals surface area contributed by atoms with Crippen molar-refractivity contribution in [3.8, 4) is 0 Å². The lowest BCUT2D eigenvalue weighted by atomic mass is 9.94. The first-order chi connectivity index (χ1) is 19.0. The first kappa shape index (κ1) is 26.2. The maximum atomic E-state index is 14.0. The second kappa shape index (κ2) is 9.58. The maximum absolute atomic E-state index is 14.0. The Hall–Kier alpha value is -3.99. The molecule has 3 aliphatic heterocycles. The van der Waals surface area contributed by atoms with Gasteiger partial charge in [-0.2, -0.15) is 13.2 Å². The van der Waals surface area contributed by atoms with E-state index in [1.807, 2.05) is 31.2 Å². The van der Waals surface area contributed by atoms with E-state index in [0.29, 0.717) is 25.3 Å². The lowest BCUT2D eigenvalue weighted by molar-refractivity contribution is -0.137. The van der Waals surface area contributed by atoms with Crippen LogP contribution in [0.2, 0.25) is 0 Å². The van der Waals surface area contributed by atoms with E-state index in [0.717, 1.165) is 41.3 Å². The highest BCUT2D eigenvalue weighted by molar-refractivity contribution is 6.10. The van der Waals surface area contributed by atoms with E-state index in [1.165, 1.54) is 22.3 Å². The SMILES string of the molecule is Cc1cc(C(F)(F)F)cc(N2C(=O)C[C@@H]3CN(Cc4ccc5c(n4)CNC5)c4c(C)cccc4N(C)C(=O)[C@H]32)n1. The summed E-state index contributed by atoms with van der Waals surface area (Å²) in [6, 6.07) is 10.6. The number of benzene rings is 1. The van der Waals surface area contributed by atoms with Gasteiger partial charge in [0.15, 0.2) is 0 Å². The fraction of sp³-hybridized carbons (Fsp3) is 0.379. The molecule has 0 unspecified atom stereocenters. The second-order valence-corrected chi connectivity index (χ2v) is 10.8. The van der Waals surface area contributed by atoms with Gasteiger partial charge in [0, 0.05) is 44.7 Å². The van der Waals surface area contributed by atoms with Crippen LogP contribution in [0.1, 0.15) is 40.2 Å². The fourth-order valence-corrected chi connectivity index (χ4v) is 6.13. The Labute approximate surface area is 229 Å². The number of nitrogens with one attached hydrogen (secondary N) is 1. The molecule has 5 heterocycles. The zero-order valence-electron chi connectivity index (χ0n) is 22.4. The third-order valence-corrected chi connectivity index (χ3v) is 7.96. The summed E-state index contributed by atoms with van der Waals surface area (Å²) in [6.45, 7) is 5.71. The summed E-state index contributed by atoms with van der Waals surface area (Å²) in [7, 11) is 1.65. The number of carbonyl (C=O) groups is 2. The first-order valence-electron chi connectivity index (χ1n) is 13.2. The van der Waals surface area contributed by atoms with Gasteiger partial charge in [0.05, 0.1) is 34.9 Å². The summed E-state index contributed by atoms with van der Waals surface area (Å²) in [6.07, 6.45) is -4.60. The molecule has 0 saturated carbocycles. The highest BCUT2D eigenvalue weighted by atomic mass is 19.4. The smallest absolute Gasteiger partial charge is 0.363 e. The molecule has 0 aliphatic carbocycles. The van der Waals surface area contributed by atoms with Crippen molar-refractivity contribution in [3.63, 3.8) is 0 Å². The summed E-state index contributed by atoms with van der Waals surface area (Å²) in [5.74, 6) is -1.41. The van der Waals surface area contributed by atoms with Crippen LogP contribution in [0.4, 0.5) is 30.4 Å². The van der Waals surface area contributed by atoms with Gasteiger partial charge in [0.1, 0.15) is 11.9 Å². The molecule has 1 aromatic carbocycles. The van der Waals surface area contributed by atoms with Crippen LogP contribution in [0.5, 0.6) is 0 Å². The van der Waals surface area contributed by atoms with Crippen molar-refractivity contribution in [2.45, 2.75) is 52.1 Å². The van der Waals surface area contributed by atoms with Crippen LogP contribution in [0.15, 0.2) is 42.5 Å². The van der Waals surface area contributed by atoms with Crippen LogP contribution in [0.25, 0.3) is 0 Å². The van der Waals surface area contributed by atoms with Gasteiger partial charge < -0.3 is 15.1 Å². The molecule has 2 amide bonds. The molecule has 1 fully saturated rings. The number of halogens is 3. The molecule has 8 nitrogen and oxygen atoms in total. The van der Waals surface area contributed by atoms with Gasteiger partial charge in [-0.05, 0) is 49.2 Å². The Bertz CT molecular complexity index is 1520. The molecule has 0 radical (unpaired) electrons. The molecule has 11 heteroatoms. The van der Waals surface area contributed by atoms with E-state index in [9.17, 15) is 22.8 Å². The van der Waals surface area contributed by atoms with E-state index in [-0.39, 0.29) is 23.8 Å². The number of fused-ring (bicyclic) bond motifs is 3. The van der Waals surface area contributed by atoms with Crippen LogP contribution >= 0.6 is 0 Å². The summed E-state index contributed by atoms with van der Waals surface area (Å²) in [4.78, 5) is 41.4. The number of alkyl halides is 3. The quantitative estimate of drug-likeness (QED) is 0.529. The number of anilines is 3. The standard InChI is InChI=1S/C29H29F3N6O2/c1-16-5-4-6-23-26(16)37(15-21-8-7-18-12-33-13-22(18)35-21)14-19-10-25(39)38(27(19)28(40)36(23)3)24-11-20(29(30,31)32)9-17(2)34-24/h4-9,11,19,27,33H,10,12-15H2,1-3H3/t19-,27+/m1/s1. The van der Waals surface area contributed by atoms with Gasteiger partial charge in [-0.25, -0.2) is 4.98 Å². The molecule has 0 bridgehead atoms. The largest absolute Gasteiger partial charge is 0.416 e. The normalized spacial score (nSPS) is 20.8. The predicted octanol–water partition coefficient (Wildman–Crippen LogP) is 4.12. The number of aromatic nitrogens is 2. The number of likely N-dealkylation sites (N-methyl/N-ethyl adjacent to an activating group) is 1. The van der Waals surface area contributed by atoms with Crippen LogP contribution in [0, 0.1) is 19.8 Å². The van der Waals surface area contributed by atoms with E-state index < -0.39 is 29.6 Å². The third kappa shape index (κ3) is 4.47. The topological polar surface area (TPSA) is 81.7 Å². The van der Waals surface area contributed by atoms with Crippen LogP contribution in [-0.2, 0) is 35.4 Å². The summed E-state index contributed by atoms with van der Waals surface area (Å²) >= 11 is 0. The lowest BCUT2D eigenvalue weighted by Crippen LogP contribution is -2.52. The molecule has 1 saturated heterocycles. The number of carbonyl (C=O) groups excluding carboxylic acids is 2. The van der Waals surface area contributed by atoms with Gasteiger partial charge in [0.2, 0.25) is 11.8 Å². The Morgan fingerprint density at radius 2 is 1.85 bits per heavy atom. The van der Waals surface area contributed by atoms with Crippen LogP contribution < -0.4 is 20.0 Å². The Morgan fingerprint density at radius 1 is 1.05 bits per heavy atom. The Morgan fingerprint density at radius 3 is 2.62 bits per heavy atom. The fourth-order valence-electron chi connectivity index (χ4n) is 6.13. The number of amides is 2. The van der Waals surface area contributed by atoms with Crippen LogP contribution in [-0.4, -0.2) is 41.4 Å². The average Bonchev–Trinajstić information content (AvgIpc) is 3.49. The zero-order valence-corrected chi connectivity index (χ0v) is 22.4. The number of hydrogen-bond acceptors (Lipinski definition) is 6. The van der Waals surface area contributed by atoms with Crippen molar-refractivity contribution in [2.75, 3.05) is 28.3 Å². The molecule has 3 aliphatic rings. The Kier molecular flexibility index (Phi) is 6.29. The molecule has 6 rings (SSSR count). The lowest BCUT2D eigenvalue weighted by Gasteiger charge is -2.39. The van der Waals surface area contributed by atoms with Gasteiger partial charge in [0.25, 0.3) is 0 Å². The molecule has 2 atom stereocenters. The highest BCUT2D eigenvalue weighted by Gasteiger charge is 2.49. The van der Waals surface area contributed by atoms with Crippen molar-refractivity contribution in [2.24, 2.45) is 5.92 Å². The molecule has 1 N–H and O–H groups in total. The minimum atomic E-state index is -4.61. The number of para-hydroxylation sites is 1. The van der Waals surface area contributed by atoms with E-state index in [1.54, 1.807) is 7.05 Å². The second-order valence-electron chi connectivity index (χ2n) is 10.8. The number of pyridine rings is 2. The van der Waals surface area contributed by atoms with E-state index >= 15 is 0 Å². The van der Waals surface area contributed by atoms with Gasteiger partial charge in [-0.3, -0.25) is 19.5 Å². The average molecular weight is 551 g/mol. The first-order valence-corrected chi connectivity index (χ1v) is 13.2. The minimum absolute atomic E-state index is 0.0144. The monoisotopic (exact) mass is 550 g/mol. The van der Waals surface area contributed by atoms with Gasteiger partial charge in [-0.15, -0.1) is 0 Å². The third-order valence-electron chi connectivity index (χ3n) is 7.96. The predicted molar refractivity (Wildman–Crippen MR) is 144 cm³/mol. The van der Waals surface area contributed by atoms with Crippen molar-refractivity contribution < 1.29 is 22.8 Å². The van der Waals surface area contributed by atoms with Crippen molar-refractivity contribution >= 4 is 29.0 Å². The molecule has 40 heavy (non-hydrogen) atoms.